The van der Waals surface area contributed by atoms with Crippen molar-refractivity contribution in [2.45, 2.75) is 201 Å². The van der Waals surface area contributed by atoms with Gasteiger partial charge >= 0.3 is 12.2 Å². The van der Waals surface area contributed by atoms with Crippen molar-refractivity contribution in [2.75, 3.05) is 26.2 Å². The van der Waals surface area contributed by atoms with E-state index >= 15 is 0 Å². The highest BCUT2D eigenvalue weighted by atomic mass is 16.6. The molecule has 0 saturated heterocycles. The first-order chi connectivity index (χ1) is 25.5. The minimum absolute atomic E-state index is 0.00800. The van der Waals surface area contributed by atoms with Crippen molar-refractivity contribution in [2.24, 2.45) is 45.8 Å². The van der Waals surface area contributed by atoms with E-state index in [1.807, 2.05) is 25.7 Å². The zero-order valence-corrected chi connectivity index (χ0v) is 36.1. The summed E-state index contributed by atoms with van der Waals surface area (Å²) in [4.78, 5) is 28.1. The number of fused-ring (bicyclic) bond motifs is 5. The van der Waals surface area contributed by atoms with Crippen molar-refractivity contribution in [1.82, 2.24) is 15.5 Å². The minimum Gasteiger partial charge on any atom is -0.446 e. The van der Waals surface area contributed by atoms with Crippen molar-refractivity contribution in [3.63, 3.8) is 0 Å². The maximum Gasteiger partial charge on any atom is 0.410 e. The molecule has 5 fully saturated rings. The topological polar surface area (TPSA) is 79.9 Å². The number of alkyl carbamates (subject to hydrolysis) is 1. The number of allylic oxidation sites excluding steroid dienone is 1. The van der Waals surface area contributed by atoms with Crippen molar-refractivity contribution in [1.29, 1.82) is 0 Å². The molecule has 0 spiro atoms. The van der Waals surface area contributed by atoms with Gasteiger partial charge in [0.25, 0.3) is 0 Å². The summed E-state index contributed by atoms with van der Waals surface area (Å²) in [6.45, 7) is 21.4. The Kier molecular flexibility index (Phi) is 13.2. The van der Waals surface area contributed by atoms with Gasteiger partial charge in [0.05, 0.1) is 0 Å². The normalized spacial score (nSPS) is 33.2. The van der Waals surface area contributed by atoms with Crippen LogP contribution in [0.5, 0.6) is 0 Å². The Balaban J connectivity index is 0.951. The quantitative estimate of drug-likeness (QED) is 0.108. The molecule has 0 aliphatic heterocycles. The lowest BCUT2D eigenvalue weighted by molar-refractivity contribution is -0.0534. The maximum atomic E-state index is 13.8. The average Bonchev–Trinajstić information content (AvgIpc) is 4.00. The molecule has 0 aromatic heterocycles. The van der Waals surface area contributed by atoms with E-state index in [-0.39, 0.29) is 29.2 Å². The summed E-state index contributed by atoms with van der Waals surface area (Å²) in [5, 5.41) is 6.69. The zero-order chi connectivity index (χ0) is 38.8. The fourth-order valence-corrected chi connectivity index (χ4v) is 11.7. The van der Waals surface area contributed by atoms with Gasteiger partial charge < -0.3 is 25.0 Å². The van der Waals surface area contributed by atoms with Gasteiger partial charge in [-0.05, 0) is 182 Å². The van der Waals surface area contributed by atoms with Crippen LogP contribution in [0.4, 0.5) is 9.59 Å². The van der Waals surface area contributed by atoms with E-state index < -0.39 is 5.60 Å². The predicted molar refractivity (Wildman–Crippen MR) is 220 cm³/mol. The van der Waals surface area contributed by atoms with Crippen LogP contribution < -0.4 is 10.6 Å². The van der Waals surface area contributed by atoms with Crippen LogP contribution in [-0.4, -0.2) is 60.5 Å². The molecule has 0 aromatic carbocycles. The van der Waals surface area contributed by atoms with E-state index in [2.05, 4.69) is 51.3 Å². The number of carbonyl (C=O) groups is 2. The molecule has 0 bridgehead atoms. The Morgan fingerprint density at radius 3 is 2.35 bits per heavy atom. The summed E-state index contributed by atoms with van der Waals surface area (Å²) in [7, 11) is 0. The molecule has 308 valence electrons. The SMILES string of the molecule is CC(C)CCCCC1CCC2C3CC=C4CC(OC(=O)N(CCCCNCCC5(NC(=O)OC(C)(C)C)CC5)CCC5(C)CC5)CCC4(C)C3CCC12C. The Bertz CT molecular complexity index is 1310. The smallest absolute Gasteiger partial charge is 0.410 e. The van der Waals surface area contributed by atoms with E-state index in [1.165, 1.54) is 77.0 Å². The number of hydrogen-bond donors (Lipinski definition) is 2. The Morgan fingerprint density at radius 2 is 1.65 bits per heavy atom. The zero-order valence-electron chi connectivity index (χ0n) is 36.1. The third-order valence-electron chi connectivity index (χ3n) is 15.9. The number of ether oxygens (including phenoxy) is 2. The van der Waals surface area contributed by atoms with Gasteiger partial charge in [-0.25, -0.2) is 9.59 Å². The molecule has 7 heteroatoms. The monoisotopic (exact) mass is 752 g/mol. The summed E-state index contributed by atoms with van der Waals surface area (Å²) in [5.74, 6) is 4.30. The second kappa shape index (κ2) is 17.0. The summed E-state index contributed by atoms with van der Waals surface area (Å²) in [5.41, 5.74) is 2.26. The van der Waals surface area contributed by atoms with Gasteiger partial charge in [-0.15, -0.1) is 0 Å². The third-order valence-corrected chi connectivity index (χ3v) is 15.9. The van der Waals surface area contributed by atoms with Gasteiger partial charge in [-0.2, -0.15) is 0 Å². The van der Waals surface area contributed by atoms with E-state index in [9.17, 15) is 9.59 Å². The number of unbranched alkanes of at least 4 members (excludes halogenated alkanes) is 2. The first-order valence-corrected chi connectivity index (χ1v) is 22.9. The highest BCUT2D eigenvalue weighted by Crippen LogP contribution is 2.67. The number of rotatable bonds is 18. The van der Waals surface area contributed by atoms with Crippen LogP contribution in [0.1, 0.15) is 184 Å². The molecule has 7 nitrogen and oxygen atoms in total. The average molecular weight is 752 g/mol. The molecule has 6 aliphatic carbocycles. The Labute approximate surface area is 330 Å². The molecular weight excluding hydrogens is 671 g/mol. The van der Waals surface area contributed by atoms with Crippen LogP contribution in [-0.2, 0) is 9.47 Å². The molecule has 54 heavy (non-hydrogen) atoms. The number of amides is 2. The van der Waals surface area contributed by atoms with Crippen molar-refractivity contribution < 1.29 is 19.1 Å². The molecule has 2 amide bonds. The second-order valence-electron chi connectivity index (χ2n) is 21.7. The molecule has 7 unspecified atom stereocenters. The minimum atomic E-state index is -0.478. The van der Waals surface area contributed by atoms with E-state index in [1.54, 1.807) is 5.57 Å². The second-order valence-corrected chi connectivity index (χ2v) is 21.7. The standard InChI is InChI=1S/C47H81N3O4/c1-34(2)13-9-10-14-35-16-18-39-38-17-15-36-33-37(19-21-46(36,8)40(38)20-22-45(35,39)7)53-42(52)50(32-28-44(6)23-24-44)31-12-11-29-48-30-27-47(25-26-47)49-41(51)54-43(3,4)5/h15,34-35,37-40,48H,9-14,16-33H2,1-8H3,(H,49,51). The van der Waals surface area contributed by atoms with Crippen LogP contribution in [0.25, 0.3) is 0 Å². The molecular formula is C47H81N3O4. The van der Waals surface area contributed by atoms with E-state index in [0.29, 0.717) is 10.8 Å². The van der Waals surface area contributed by atoms with Gasteiger partial charge in [-0.1, -0.05) is 65.5 Å². The third kappa shape index (κ3) is 10.4. The lowest BCUT2D eigenvalue weighted by Gasteiger charge is -2.58. The fourth-order valence-electron chi connectivity index (χ4n) is 11.7. The van der Waals surface area contributed by atoms with Crippen LogP contribution >= 0.6 is 0 Å². The molecule has 6 rings (SSSR count). The van der Waals surface area contributed by atoms with E-state index in [0.717, 1.165) is 107 Å². The summed E-state index contributed by atoms with van der Waals surface area (Å²) >= 11 is 0. The number of nitrogens with one attached hydrogen (secondary N) is 2. The number of hydrogen-bond acceptors (Lipinski definition) is 5. The van der Waals surface area contributed by atoms with E-state index in [4.69, 9.17) is 9.47 Å². The van der Waals surface area contributed by atoms with Gasteiger partial charge in [0.2, 0.25) is 0 Å². The Hall–Kier alpha value is -1.76. The van der Waals surface area contributed by atoms with Gasteiger partial charge in [-0.3, -0.25) is 0 Å². The molecule has 6 aliphatic rings. The molecule has 5 saturated carbocycles. The van der Waals surface area contributed by atoms with Crippen LogP contribution in [0.15, 0.2) is 11.6 Å². The van der Waals surface area contributed by atoms with Crippen LogP contribution in [0, 0.1) is 45.8 Å². The molecule has 2 N–H and O–H groups in total. The number of nitrogens with zero attached hydrogens (tertiary/aromatic N) is 1. The first-order valence-electron chi connectivity index (χ1n) is 22.9. The van der Waals surface area contributed by atoms with Gasteiger partial charge in [0.15, 0.2) is 0 Å². The molecule has 0 heterocycles. The number of carbonyl (C=O) groups excluding carboxylic acids is 2. The largest absolute Gasteiger partial charge is 0.446 e. The highest BCUT2D eigenvalue weighted by Gasteiger charge is 2.58. The van der Waals surface area contributed by atoms with Crippen LogP contribution in [0.3, 0.4) is 0 Å². The van der Waals surface area contributed by atoms with Crippen molar-refractivity contribution in [3.8, 4) is 0 Å². The first kappa shape index (κ1) is 41.9. The van der Waals surface area contributed by atoms with Crippen molar-refractivity contribution in [3.05, 3.63) is 11.6 Å². The molecule has 0 aromatic rings. The summed E-state index contributed by atoms with van der Waals surface area (Å²) < 4.78 is 11.9. The molecule has 0 radical (unpaired) electrons. The Morgan fingerprint density at radius 1 is 0.870 bits per heavy atom. The van der Waals surface area contributed by atoms with Crippen molar-refractivity contribution >= 4 is 12.2 Å². The van der Waals surface area contributed by atoms with Gasteiger partial charge in [0.1, 0.15) is 11.7 Å². The summed E-state index contributed by atoms with van der Waals surface area (Å²) in [6.07, 6.45) is 26.6. The fraction of sp³-hybridized carbons (Fsp3) is 0.915. The van der Waals surface area contributed by atoms with Gasteiger partial charge in [0, 0.05) is 25.0 Å². The van der Waals surface area contributed by atoms with Crippen LogP contribution in [0.2, 0.25) is 0 Å². The highest BCUT2D eigenvalue weighted by molar-refractivity contribution is 5.69. The summed E-state index contributed by atoms with van der Waals surface area (Å²) in [6, 6.07) is 0. The molecule has 7 atom stereocenters. The lowest BCUT2D eigenvalue weighted by Crippen LogP contribution is -2.50. The lowest BCUT2D eigenvalue weighted by atomic mass is 9.47. The predicted octanol–water partition coefficient (Wildman–Crippen LogP) is 11.6. The maximum absolute atomic E-state index is 13.8.